The van der Waals surface area contributed by atoms with Gasteiger partial charge in [0, 0.05) is 28.9 Å². The molecule has 1 heterocycles. The predicted octanol–water partition coefficient (Wildman–Crippen LogP) is 3.85. The summed E-state index contributed by atoms with van der Waals surface area (Å²) >= 11 is 18.0. The standard InChI is InChI=1S/C18H20Cl2N2O3S/c1-10-15(17(23)25-8-7-24-2)16(13-6-3-11(19)9-14(13)20)21-18(26)22(10)12-4-5-12/h3,6,9,12,16H,4-5,7-8H2,1-2H3,(H,21,26)/t16-/m0/s1. The van der Waals surface area contributed by atoms with Gasteiger partial charge in [-0.05, 0) is 49.7 Å². The zero-order chi connectivity index (χ0) is 18.8. The summed E-state index contributed by atoms with van der Waals surface area (Å²) in [7, 11) is 1.56. The number of halogens is 2. The van der Waals surface area contributed by atoms with Gasteiger partial charge in [-0.3, -0.25) is 0 Å². The smallest absolute Gasteiger partial charge is 0.338 e. The molecule has 1 aromatic carbocycles. The van der Waals surface area contributed by atoms with E-state index in [-0.39, 0.29) is 6.61 Å². The summed E-state index contributed by atoms with van der Waals surface area (Å²) in [6.45, 7) is 2.42. The number of esters is 1. The number of methoxy groups -OCH3 is 1. The van der Waals surface area contributed by atoms with Crippen LogP contribution in [0.5, 0.6) is 0 Å². The summed E-state index contributed by atoms with van der Waals surface area (Å²) in [6, 6.07) is 5.03. The van der Waals surface area contributed by atoms with E-state index in [1.807, 2.05) is 11.8 Å². The number of hydrogen-bond acceptors (Lipinski definition) is 4. The van der Waals surface area contributed by atoms with Crippen LogP contribution < -0.4 is 5.32 Å². The summed E-state index contributed by atoms with van der Waals surface area (Å²) in [5, 5.41) is 4.84. The number of hydrogen-bond donors (Lipinski definition) is 1. The molecule has 0 amide bonds. The third kappa shape index (κ3) is 3.98. The van der Waals surface area contributed by atoms with E-state index in [1.165, 1.54) is 0 Å². The van der Waals surface area contributed by atoms with Crippen molar-refractivity contribution < 1.29 is 14.3 Å². The van der Waals surface area contributed by atoms with Crippen molar-refractivity contribution in [1.29, 1.82) is 0 Å². The van der Waals surface area contributed by atoms with E-state index in [1.54, 1.807) is 25.3 Å². The fraction of sp³-hybridized carbons (Fsp3) is 0.444. The monoisotopic (exact) mass is 414 g/mol. The zero-order valence-corrected chi connectivity index (χ0v) is 16.9. The molecule has 1 aliphatic carbocycles. The molecule has 0 aromatic heterocycles. The van der Waals surface area contributed by atoms with Crippen LogP contribution in [0.3, 0.4) is 0 Å². The first kappa shape index (κ1) is 19.4. The fourth-order valence-corrected chi connectivity index (χ4v) is 3.98. The number of allylic oxidation sites excluding steroid dienone is 1. The maximum Gasteiger partial charge on any atom is 0.338 e. The Morgan fingerprint density at radius 3 is 2.69 bits per heavy atom. The molecule has 0 saturated heterocycles. The lowest BCUT2D eigenvalue weighted by Gasteiger charge is -2.38. The van der Waals surface area contributed by atoms with Crippen LogP contribution in [0.2, 0.25) is 10.0 Å². The lowest BCUT2D eigenvalue weighted by Crippen LogP contribution is -2.48. The Labute approximate surface area is 168 Å². The van der Waals surface area contributed by atoms with Crippen LogP contribution >= 0.6 is 35.4 Å². The Morgan fingerprint density at radius 1 is 1.35 bits per heavy atom. The zero-order valence-electron chi connectivity index (χ0n) is 14.6. The Kier molecular flexibility index (Phi) is 6.07. The summed E-state index contributed by atoms with van der Waals surface area (Å²) in [5.74, 6) is -0.406. The van der Waals surface area contributed by atoms with E-state index in [2.05, 4.69) is 5.32 Å². The molecule has 0 unspecified atom stereocenters. The van der Waals surface area contributed by atoms with Gasteiger partial charge in [-0.1, -0.05) is 29.3 Å². The number of carbonyl (C=O) groups excluding carboxylic acids is 1. The van der Waals surface area contributed by atoms with E-state index in [4.69, 9.17) is 44.9 Å². The number of benzene rings is 1. The molecular formula is C18H20Cl2N2O3S. The van der Waals surface area contributed by atoms with Crippen molar-refractivity contribution in [3.8, 4) is 0 Å². The van der Waals surface area contributed by atoms with Crippen molar-refractivity contribution in [1.82, 2.24) is 10.2 Å². The Morgan fingerprint density at radius 2 is 2.08 bits per heavy atom. The molecule has 140 valence electrons. The molecule has 0 bridgehead atoms. The van der Waals surface area contributed by atoms with Gasteiger partial charge in [0.15, 0.2) is 5.11 Å². The van der Waals surface area contributed by atoms with Crippen LogP contribution in [-0.2, 0) is 14.3 Å². The first-order chi connectivity index (χ1) is 12.4. The highest BCUT2D eigenvalue weighted by molar-refractivity contribution is 7.80. The molecule has 5 nitrogen and oxygen atoms in total. The number of thiocarbonyl (C=S) groups is 1. The van der Waals surface area contributed by atoms with Crippen LogP contribution in [0.4, 0.5) is 0 Å². The molecule has 1 atom stereocenters. The van der Waals surface area contributed by atoms with Crippen molar-refractivity contribution >= 4 is 46.5 Å². The molecule has 1 aromatic rings. The van der Waals surface area contributed by atoms with Gasteiger partial charge in [-0.25, -0.2) is 4.79 Å². The second-order valence-electron chi connectivity index (χ2n) is 6.28. The van der Waals surface area contributed by atoms with E-state index >= 15 is 0 Å². The third-order valence-corrected chi connectivity index (χ3v) is 5.33. The summed E-state index contributed by atoms with van der Waals surface area (Å²) < 4.78 is 10.4. The van der Waals surface area contributed by atoms with Gasteiger partial charge in [0.2, 0.25) is 0 Å². The number of nitrogens with one attached hydrogen (secondary N) is 1. The summed E-state index contributed by atoms with van der Waals surface area (Å²) in [4.78, 5) is 14.8. The molecule has 2 aliphatic rings. The molecule has 8 heteroatoms. The molecule has 1 fully saturated rings. The van der Waals surface area contributed by atoms with Gasteiger partial charge in [0.05, 0.1) is 18.2 Å². The first-order valence-electron chi connectivity index (χ1n) is 8.35. The normalized spacial score (nSPS) is 20.2. The maximum atomic E-state index is 12.8. The minimum absolute atomic E-state index is 0.182. The lowest BCUT2D eigenvalue weighted by molar-refractivity contribution is -0.140. The highest BCUT2D eigenvalue weighted by Crippen LogP contribution is 2.40. The van der Waals surface area contributed by atoms with Gasteiger partial charge in [0.25, 0.3) is 0 Å². The maximum absolute atomic E-state index is 12.8. The average Bonchev–Trinajstić information content (AvgIpc) is 3.39. The Hall–Kier alpha value is -1.34. The highest BCUT2D eigenvalue weighted by Gasteiger charge is 2.41. The number of nitrogens with zero attached hydrogens (tertiary/aromatic N) is 1. The van der Waals surface area contributed by atoms with E-state index in [0.717, 1.165) is 24.1 Å². The molecular weight excluding hydrogens is 395 g/mol. The molecule has 3 rings (SSSR count). The molecule has 1 saturated carbocycles. The minimum Gasteiger partial charge on any atom is -0.460 e. The molecule has 0 spiro atoms. The SMILES string of the molecule is COCCOC(=O)C1=C(C)N(C2CC2)C(=S)N[C@H]1c1ccc(Cl)cc1Cl. The second kappa shape index (κ2) is 8.13. The number of rotatable bonds is 6. The third-order valence-electron chi connectivity index (χ3n) is 4.45. The van der Waals surface area contributed by atoms with Crippen molar-refractivity contribution in [3.63, 3.8) is 0 Å². The second-order valence-corrected chi connectivity index (χ2v) is 7.51. The lowest BCUT2D eigenvalue weighted by atomic mass is 9.95. The van der Waals surface area contributed by atoms with Gasteiger partial charge in [-0.2, -0.15) is 0 Å². The van der Waals surface area contributed by atoms with E-state index < -0.39 is 12.0 Å². The number of carbonyl (C=O) groups is 1. The fourth-order valence-electron chi connectivity index (χ4n) is 3.06. The van der Waals surface area contributed by atoms with Crippen molar-refractivity contribution in [2.24, 2.45) is 0 Å². The van der Waals surface area contributed by atoms with Gasteiger partial charge in [0.1, 0.15) is 6.61 Å². The summed E-state index contributed by atoms with van der Waals surface area (Å²) in [5.41, 5.74) is 2.03. The first-order valence-corrected chi connectivity index (χ1v) is 9.52. The number of ether oxygens (including phenoxy) is 2. The van der Waals surface area contributed by atoms with Gasteiger partial charge >= 0.3 is 5.97 Å². The minimum atomic E-state index is -0.489. The van der Waals surface area contributed by atoms with Crippen molar-refractivity contribution in [2.45, 2.75) is 31.8 Å². The quantitative estimate of drug-likeness (QED) is 0.433. The molecule has 1 N–H and O–H groups in total. The van der Waals surface area contributed by atoms with Gasteiger partial charge < -0.3 is 19.7 Å². The predicted molar refractivity (Wildman–Crippen MR) is 105 cm³/mol. The Balaban J connectivity index is 2.00. The van der Waals surface area contributed by atoms with Crippen LogP contribution in [0.15, 0.2) is 29.5 Å². The molecule has 1 aliphatic heterocycles. The van der Waals surface area contributed by atoms with Crippen molar-refractivity contribution in [2.75, 3.05) is 20.3 Å². The average molecular weight is 415 g/mol. The summed E-state index contributed by atoms with van der Waals surface area (Å²) in [6.07, 6.45) is 2.11. The topological polar surface area (TPSA) is 50.8 Å². The van der Waals surface area contributed by atoms with E-state index in [9.17, 15) is 4.79 Å². The van der Waals surface area contributed by atoms with Crippen LogP contribution in [0.1, 0.15) is 31.4 Å². The van der Waals surface area contributed by atoms with Crippen LogP contribution in [-0.4, -0.2) is 42.3 Å². The van der Waals surface area contributed by atoms with Crippen molar-refractivity contribution in [3.05, 3.63) is 45.1 Å². The van der Waals surface area contributed by atoms with Crippen LogP contribution in [0.25, 0.3) is 0 Å². The van der Waals surface area contributed by atoms with Crippen LogP contribution in [0, 0.1) is 0 Å². The Bertz CT molecular complexity index is 765. The highest BCUT2D eigenvalue weighted by atomic mass is 35.5. The molecule has 26 heavy (non-hydrogen) atoms. The van der Waals surface area contributed by atoms with E-state index in [0.29, 0.717) is 33.4 Å². The largest absolute Gasteiger partial charge is 0.460 e. The molecule has 0 radical (unpaired) electrons. The van der Waals surface area contributed by atoms with Gasteiger partial charge in [-0.15, -0.1) is 0 Å².